The summed E-state index contributed by atoms with van der Waals surface area (Å²) in [5.74, 6) is 0.574. The summed E-state index contributed by atoms with van der Waals surface area (Å²) in [4.78, 5) is 10.7. The molecule has 0 saturated carbocycles. The number of nitrogens with one attached hydrogen (secondary N) is 1. The zero-order chi connectivity index (χ0) is 12.3. The highest BCUT2D eigenvalue weighted by molar-refractivity contribution is 5.86. The largest absolute Gasteiger partial charge is 0.497 e. The predicted molar refractivity (Wildman–Crippen MR) is 61.8 cm³/mol. The first-order valence-electron chi connectivity index (χ1n) is 4.88. The second-order valence-electron chi connectivity index (χ2n) is 3.26. The van der Waals surface area contributed by atoms with Gasteiger partial charge < -0.3 is 9.84 Å². The molecule has 0 spiro atoms. The molecule has 0 bridgehead atoms. The van der Waals surface area contributed by atoms with Crippen molar-refractivity contribution in [2.24, 2.45) is 0 Å². The molecule has 2 rings (SSSR count). The molecule has 0 aliphatic carbocycles. The van der Waals surface area contributed by atoms with Crippen molar-refractivity contribution in [1.82, 2.24) is 9.78 Å². The lowest BCUT2D eigenvalue weighted by Crippen LogP contribution is -2.10. The number of methoxy groups -OCH3 is 1. The lowest BCUT2D eigenvalue weighted by atomic mass is 10.2. The van der Waals surface area contributed by atoms with Crippen molar-refractivity contribution in [3.63, 3.8) is 0 Å². The molecule has 1 heterocycles. The number of nitrogens with zero attached hydrogens (tertiary/aromatic N) is 2. The van der Waals surface area contributed by atoms with Gasteiger partial charge in [-0.05, 0) is 18.2 Å². The van der Waals surface area contributed by atoms with Crippen molar-refractivity contribution >= 4 is 11.8 Å². The number of carbonyl (C=O) groups is 1. The number of aromatic nitrogens is 2. The van der Waals surface area contributed by atoms with Crippen LogP contribution >= 0.6 is 0 Å². The average molecular weight is 233 g/mol. The third-order valence-corrected chi connectivity index (χ3v) is 2.20. The predicted octanol–water partition coefficient (Wildman–Crippen LogP) is 1.97. The Bertz CT molecular complexity index is 523. The van der Waals surface area contributed by atoms with Crippen LogP contribution in [0.25, 0.3) is 5.69 Å². The van der Waals surface area contributed by atoms with Gasteiger partial charge in [0.2, 0.25) is 0 Å². The summed E-state index contributed by atoms with van der Waals surface area (Å²) in [6, 6.07) is 6.83. The number of benzene rings is 1. The van der Waals surface area contributed by atoms with Gasteiger partial charge in [-0.25, -0.2) is 9.48 Å². The molecule has 0 radical (unpaired) electrons. The quantitative estimate of drug-likeness (QED) is 0.849. The van der Waals surface area contributed by atoms with Gasteiger partial charge in [-0.3, -0.25) is 5.32 Å². The van der Waals surface area contributed by atoms with E-state index >= 15 is 0 Å². The van der Waals surface area contributed by atoms with E-state index in [1.165, 1.54) is 7.11 Å². The van der Waals surface area contributed by atoms with E-state index in [9.17, 15) is 4.79 Å². The number of hydrogen-bond acceptors (Lipinski definition) is 3. The Morgan fingerprint density at radius 1 is 1.53 bits per heavy atom. The Hall–Kier alpha value is -2.50. The van der Waals surface area contributed by atoms with Gasteiger partial charge >= 0.3 is 6.09 Å². The zero-order valence-corrected chi connectivity index (χ0v) is 9.12. The number of hydrogen-bond donors (Lipinski definition) is 2. The van der Waals surface area contributed by atoms with Crippen LogP contribution in [0.15, 0.2) is 36.7 Å². The fourth-order valence-corrected chi connectivity index (χ4v) is 1.47. The van der Waals surface area contributed by atoms with Gasteiger partial charge in [0.1, 0.15) is 5.75 Å². The minimum atomic E-state index is -1.13. The van der Waals surface area contributed by atoms with Gasteiger partial charge in [0.15, 0.2) is 0 Å². The third-order valence-electron chi connectivity index (χ3n) is 2.20. The van der Waals surface area contributed by atoms with Gasteiger partial charge in [0, 0.05) is 18.5 Å². The van der Waals surface area contributed by atoms with E-state index in [2.05, 4.69) is 10.4 Å². The third kappa shape index (κ3) is 2.36. The molecule has 88 valence electrons. The van der Waals surface area contributed by atoms with E-state index in [1.54, 1.807) is 41.3 Å². The maximum absolute atomic E-state index is 10.7. The summed E-state index contributed by atoms with van der Waals surface area (Å²) in [5, 5.41) is 15.1. The van der Waals surface area contributed by atoms with Gasteiger partial charge in [0.05, 0.1) is 18.5 Å². The smallest absolute Gasteiger partial charge is 0.409 e. The summed E-state index contributed by atoms with van der Waals surface area (Å²) in [7, 11) is 1.52. The molecule has 2 N–H and O–H groups in total. The normalized spacial score (nSPS) is 9.94. The highest BCUT2D eigenvalue weighted by atomic mass is 16.5. The van der Waals surface area contributed by atoms with Crippen molar-refractivity contribution in [1.29, 1.82) is 0 Å². The van der Waals surface area contributed by atoms with E-state index in [0.717, 1.165) is 0 Å². The molecule has 0 fully saturated rings. The van der Waals surface area contributed by atoms with Crippen LogP contribution in [-0.4, -0.2) is 28.1 Å². The lowest BCUT2D eigenvalue weighted by Gasteiger charge is -2.10. The average Bonchev–Trinajstić information content (AvgIpc) is 2.81. The molecule has 0 aliphatic heterocycles. The van der Waals surface area contributed by atoms with E-state index in [4.69, 9.17) is 9.84 Å². The molecule has 1 aromatic carbocycles. The Morgan fingerprint density at radius 3 is 2.94 bits per heavy atom. The minimum absolute atomic E-state index is 0.417. The van der Waals surface area contributed by atoms with Crippen LogP contribution in [0.4, 0.5) is 10.5 Å². The molecule has 1 amide bonds. The molecule has 0 atom stereocenters. The Morgan fingerprint density at radius 2 is 2.35 bits per heavy atom. The highest BCUT2D eigenvalue weighted by Gasteiger charge is 2.09. The van der Waals surface area contributed by atoms with E-state index < -0.39 is 6.09 Å². The van der Waals surface area contributed by atoms with Crippen molar-refractivity contribution in [2.45, 2.75) is 0 Å². The van der Waals surface area contributed by atoms with Crippen molar-refractivity contribution in [3.8, 4) is 11.4 Å². The van der Waals surface area contributed by atoms with Crippen molar-refractivity contribution in [3.05, 3.63) is 36.7 Å². The Balaban J connectivity index is 2.47. The monoisotopic (exact) mass is 233 g/mol. The SMILES string of the molecule is COc1ccc(-n2cccn2)c(NC(=O)O)c1. The van der Waals surface area contributed by atoms with Gasteiger partial charge in [-0.2, -0.15) is 5.10 Å². The van der Waals surface area contributed by atoms with E-state index in [-0.39, 0.29) is 0 Å². The maximum atomic E-state index is 10.7. The molecule has 1 aromatic heterocycles. The molecule has 6 nitrogen and oxygen atoms in total. The van der Waals surface area contributed by atoms with Crippen LogP contribution in [0.1, 0.15) is 0 Å². The Kier molecular flexibility index (Phi) is 2.95. The molecule has 6 heteroatoms. The van der Waals surface area contributed by atoms with Crippen LogP contribution in [0.3, 0.4) is 0 Å². The summed E-state index contributed by atoms with van der Waals surface area (Å²) >= 11 is 0. The molecule has 0 unspecified atom stereocenters. The second kappa shape index (κ2) is 4.56. The van der Waals surface area contributed by atoms with Crippen LogP contribution < -0.4 is 10.1 Å². The van der Waals surface area contributed by atoms with Gasteiger partial charge in [0.25, 0.3) is 0 Å². The summed E-state index contributed by atoms with van der Waals surface area (Å²) < 4.78 is 6.62. The summed E-state index contributed by atoms with van der Waals surface area (Å²) in [6.07, 6.45) is 2.22. The highest BCUT2D eigenvalue weighted by Crippen LogP contribution is 2.25. The van der Waals surface area contributed by atoms with Gasteiger partial charge in [-0.15, -0.1) is 0 Å². The fourth-order valence-electron chi connectivity index (χ4n) is 1.47. The van der Waals surface area contributed by atoms with Crippen LogP contribution in [-0.2, 0) is 0 Å². The standard InChI is InChI=1S/C11H11N3O3/c1-17-8-3-4-10(14-6-2-5-12-14)9(7-8)13-11(15)16/h2-7,13H,1H3,(H,15,16). The summed E-state index contributed by atoms with van der Waals surface area (Å²) in [6.45, 7) is 0. The van der Waals surface area contributed by atoms with Crippen LogP contribution in [0, 0.1) is 0 Å². The van der Waals surface area contributed by atoms with Crippen molar-refractivity contribution < 1.29 is 14.6 Å². The molecule has 0 aliphatic rings. The van der Waals surface area contributed by atoms with Gasteiger partial charge in [-0.1, -0.05) is 0 Å². The Labute approximate surface area is 97.4 Å². The molecule has 2 aromatic rings. The summed E-state index contributed by atoms with van der Waals surface area (Å²) in [5.41, 5.74) is 1.05. The fraction of sp³-hybridized carbons (Fsp3) is 0.0909. The van der Waals surface area contributed by atoms with E-state index in [1.807, 2.05) is 0 Å². The van der Waals surface area contributed by atoms with E-state index in [0.29, 0.717) is 17.1 Å². The zero-order valence-electron chi connectivity index (χ0n) is 9.12. The molecule has 0 saturated heterocycles. The first-order chi connectivity index (χ1) is 8.20. The first kappa shape index (κ1) is 11.0. The maximum Gasteiger partial charge on any atom is 0.409 e. The second-order valence-corrected chi connectivity index (χ2v) is 3.26. The number of anilines is 1. The lowest BCUT2D eigenvalue weighted by molar-refractivity contribution is 0.209. The number of amides is 1. The minimum Gasteiger partial charge on any atom is -0.497 e. The number of ether oxygens (including phenoxy) is 1. The van der Waals surface area contributed by atoms with Crippen LogP contribution in [0.5, 0.6) is 5.75 Å². The number of carboxylic acid groups (broad SMARTS) is 1. The molecule has 17 heavy (non-hydrogen) atoms. The number of rotatable bonds is 3. The first-order valence-corrected chi connectivity index (χ1v) is 4.88. The molecular weight excluding hydrogens is 222 g/mol. The van der Waals surface area contributed by atoms with Crippen LogP contribution in [0.2, 0.25) is 0 Å². The molecular formula is C11H11N3O3. The topological polar surface area (TPSA) is 76.4 Å². The van der Waals surface area contributed by atoms with Crippen molar-refractivity contribution in [2.75, 3.05) is 12.4 Å².